The average Bonchev–Trinajstić information content (AvgIpc) is 2.65. The number of hydrogen-bond acceptors (Lipinski definition) is 4. The Hall–Kier alpha value is -1.36. The third-order valence-corrected chi connectivity index (χ3v) is 2.81. The Morgan fingerprint density at radius 3 is 2.81 bits per heavy atom. The number of aromatic nitrogens is 1. The molecule has 0 bridgehead atoms. The maximum absolute atomic E-state index is 11.8. The van der Waals surface area contributed by atoms with Crippen molar-refractivity contribution in [2.45, 2.75) is 39.2 Å². The normalized spacial score (nSPS) is 14.5. The molecule has 5 nitrogen and oxygen atoms in total. The zero-order valence-corrected chi connectivity index (χ0v) is 9.91. The van der Waals surface area contributed by atoms with Gasteiger partial charge in [-0.1, -0.05) is 6.92 Å². The maximum Gasteiger partial charge on any atom is 0.289 e. The number of aliphatic hydroxyl groups is 1. The Balaban J connectivity index is 2.73. The van der Waals surface area contributed by atoms with Crippen molar-refractivity contribution in [1.29, 1.82) is 0 Å². The minimum absolute atomic E-state index is 0.0417. The number of nitrogens with one attached hydrogen (secondary N) is 1. The molecule has 1 aromatic heterocycles. The van der Waals surface area contributed by atoms with Gasteiger partial charge in [0.05, 0.1) is 5.69 Å². The fourth-order valence-corrected chi connectivity index (χ4v) is 1.43. The summed E-state index contributed by atoms with van der Waals surface area (Å²) in [5.41, 5.74) is 0.158. The summed E-state index contributed by atoms with van der Waals surface area (Å²) < 4.78 is 5.01. The third-order valence-electron chi connectivity index (χ3n) is 2.81. The molecule has 0 spiro atoms. The fourth-order valence-electron chi connectivity index (χ4n) is 1.43. The highest BCUT2D eigenvalue weighted by Gasteiger charge is 2.26. The van der Waals surface area contributed by atoms with Crippen LogP contribution in [0.15, 0.2) is 10.8 Å². The molecule has 0 aliphatic heterocycles. The number of oxazole rings is 1. The van der Waals surface area contributed by atoms with Crippen LogP contribution in [0.4, 0.5) is 0 Å². The zero-order valence-electron chi connectivity index (χ0n) is 9.91. The minimum Gasteiger partial charge on any atom is -0.438 e. The number of aryl methyl sites for hydroxylation is 1. The predicted molar refractivity (Wildman–Crippen MR) is 59.1 cm³/mol. The highest BCUT2D eigenvalue weighted by molar-refractivity contribution is 5.92. The van der Waals surface area contributed by atoms with Crippen molar-refractivity contribution in [3.63, 3.8) is 0 Å². The summed E-state index contributed by atoms with van der Waals surface area (Å²) in [6, 6.07) is 0. The van der Waals surface area contributed by atoms with E-state index in [1.165, 1.54) is 6.39 Å². The summed E-state index contributed by atoms with van der Waals surface area (Å²) in [5, 5.41) is 11.8. The second-order valence-electron chi connectivity index (χ2n) is 4.11. The van der Waals surface area contributed by atoms with Gasteiger partial charge < -0.3 is 14.8 Å². The molecule has 1 unspecified atom stereocenters. The van der Waals surface area contributed by atoms with Crippen LogP contribution in [0.25, 0.3) is 0 Å². The van der Waals surface area contributed by atoms with E-state index in [0.717, 1.165) is 6.42 Å². The van der Waals surface area contributed by atoms with Crippen LogP contribution in [0.3, 0.4) is 0 Å². The smallest absolute Gasteiger partial charge is 0.289 e. The van der Waals surface area contributed by atoms with Gasteiger partial charge in [-0.05, 0) is 26.7 Å². The van der Waals surface area contributed by atoms with Gasteiger partial charge in [-0.3, -0.25) is 4.79 Å². The number of rotatable bonds is 5. The summed E-state index contributed by atoms with van der Waals surface area (Å²) >= 11 is 0. The Bertz CT molecular complexity index is 362. The summed E-state index contributed by atoms with van der Waals surface area (Å²) in [6.07, 6.45) is 2.51. The zero-order chi connectivity index (χ0) is 12.2. The third kappa shape index (κ3) is 2.82. The highest BCUT2D eigenvalue weighted by atomic mass is 16.3. The molecular formula is C11H18N2O3. The summed E-state index contributed by atoms with van der Waals surface area (Å²) in [7, 11) is 0. The van der Waals surface area contributed by atoms with Gasteiger partial charge in [-0.2, -0.15) is 0 Å². The Kier molecular flexibility index (Phi) is 4.06. The van der Waals surface area contributed by atoms with E-state index >= 15 is 0 Å². The van der Waals surface area contributed by atoms with Crippen molar-refractivity contribution >= 4 is 5.91 Å². The molecule has 0 fully saturated rings. The van der Waals surface area contributed by atoms with Crippen LogP contribution in [0.1, 0.15) is 42.9 Å². The van der Waals surface area contributed by atoms with E-state index in [4.69, 9.17) is 9.52 Å². The predicted octanol–water partition coefficient (Wildman–Crippen LogP) is 1.26. The van der Waals surface area contributed by atoms with Crippen molar-refractivity contribution in [1.82, 2.24) is 10.3 Å². The largest absolute Gasteiger partial charge is 0.438 e. The van der Waals surface area contributed by atoms with Crippen molar-refractivity contribution < 1.29 is 14.3 Å². The van der Waals surface area contributed by atoms with E-state index in [-0.39, 0.29) is 18.3 Å². The van der Waals surface area contributed by atoms with E-state index in [0.29, 0.717) is 12.1 Å². The van der Waals surface area contributed by atoms with E-state index in [2.05, 4.69) is 10.3 Å². The first-order valence-corrected chi connectivity index (χ1v) is 5.36. The lowest BCUT2D eigenvalue weighted by molar-refractivity contribution is 0.0856. The van der Waals surface area contributed by atoms with Crippen LogP contribution in [0.5, 0.6) is 0 Å². The van der Waals surface area contributed by atoms with Gasteiger partial charge in [-0.25, -0.2) is 4.98 Å². The van der Waals surface area contributed by atoms with Crippen LogP contribution < -0.4 is 5.32 Å². The van der Waals surface area contributed by atoms with Gasteiger partial charge >= 0.3 is 0 Å². The van der Waals surface area contributed by atoms with Crippen LogP contribution in [-0.4, -0.2) is 28.1 Å². The van der Waals surface area contributed by atoms with E-state index in [1.54, 1.807) is 6.92 Å². The molecule has 0 aliphatic rings. The molecule has 0 radical (unpaired) electrons. The van der Waals surface area contributed by atoms with Crippen LogP contribution >= 0.6 is 0 Å². The van der Waals surface area contributed by atoms with Crippen molar-refractivity contribution in [3.05, 3.63) is 17.8 Å². The van der Waals surface area contributed by atoms with E-state index < -0.39 is 5.54 Å². The lowest BCUT2D eigenvalue weighted by Gasteiger charge is -2.28. The monoisotopic (exact) mass is 226 g/mol. The van der Waals surface area contributed by atoms with Crippen molar-refractivity contribution in [3.8, 4) is 0 Å². The summed E-state index contributed by atoms with van der Waals surface area (Å²) in [5.74, 6) is -0.0505. The second-order valence-corrected chi connectivity index (χ2v) is 4.11. The van der Waals surface area contributed by atoms with E-state index in [9.17, 15) is 4.79 Å². The first kappa shape index (κ1) is 12.7. The van der Waals surface area contributed by atoms with Gasteiger partial charge in [0.15, 0.2) is 6.39 Å². The minimum atomic E-state index is -0.412. The molecule has 0 saturated carbocycles. The molecule has 1 aromatic rings. The first-order valence-electron chi connectivity index (χ1n) is 5.36. The molecule has 1 atom stereocenters. The average molecular weight is 226 g/mol. The van der Waals surface area contributed by atoms with Crippen LogP contribution in [-0.2, 0) is 0 Å². The summed E-state index contributed by atoms with van der Waals surface area (Å²) in [4.78, 5) is 15.7. The van der Waals surface area contributed by atoms with Crippen molar-refractivity contribution in [2.24, 2.45) is 0 Å². The molecule has 16 heavy (non-hydrogen) atoms. The van der Waals surface area contributed by atoms with Gasteiger partial charge in [-0.15, -0.1) is 0 Å². The number of aliphatic hydroxyl groups excluding tert-OH is 1. The van der Waals surface area contributed by atoms with Gasteiger partial charge in [0.25, 0.3) is 5.91 Å². The molecule has 5 heteroatoms. The lowest BCUT2D eigenvalue weighted by atomic mass is 9.95. The molecular weight excluding hydrogens is 208 g/mol. The lowest BCUT2D eigenvalue weighted by Crippen LogP contribution is -2.46. The maximum atomic E-state index is 11.8. The molecule has 1 rings (SSSR count). The van der Waals surface area contributed by atoms with E-state index in [1.807, 2.05) is 13.8 Å². The number of carbonyl (C=O) groups is 1. The molecule has 2 N–H and O–H groups in total. The second kappa shape index (κ2) is 5.12. The van der Waals surface area contributed by atoms with Crippen LogP contribution in [0, 0.1) is 6.92 Å². The number of nitrogens with zero attached hydrogens (tertiary/aromatic N) is 1. The molecule has 0 aliphatic carbocycles. The fraction of sp³-hybridized carbons (Fsp3) is 0.636. The number of carbonyl (C=O) groups excluding carboxylic acids is 1. The standard InChI is InChI=1S/C11H18N2O3/c1-4-11(3,5-6-14)13-10(15)9-8(2)12-7-16-9/h7,14H,4-6H2,1-3H3,(H,13,15). The quantitative estimate of drug-likeness (QED) is 0.792. The molecule has 0 aromatic carbocycles. The molecule has 0 saturated heterocycles. The van der Waals surface area contributed by atoms with Gasteiger partial charge in [0, 0.05) is 12.1 Å². The Labute approximate surface area is 94.9 Å². The number of amides is 1. The van der Waals surface area contributed by atoms with Crippen molar-refractivity contribution in [2.75, 3.05) is 6.61 Å². The highest BCUT2D eigenvalue weighted by Crippen LogP contribution is 2.15. The van der Waals surface area contributed by atoms with Gasteiger partial charge in [0.2, 0.25) is 5.76 Å². The first-order chi connectivity index (χ1) is 7.52. The topological polar surface area (TPSA) is 75.4 Å². The molecule has 90 valence electrons. The molecule has 1 heterocycles. The Morgan fingerprint density at radius 1 is 1.69 bits per heavy atom. The summed E-state index contributed by atoms with van der Waals surface area (Å²) in [6.45, 7) is 5.61. The Morgan fingerprint density at radius 2 is 2.38 bits per heavy atom. The molecule has 1 amide bonds. The van der Waals surface area contributed by atoms with Gasteiger partial charge in [0.1, 0.15) is 0 Å². The number of hydrogen-bond donors (Lipinski definition) is 2. The van der Waals surface area contributed by atoms with Crippen LogP contribution in [0.2, 0.25) is 0 Å². The SMILES string of the molecule is CCC(C)(CCO)NC(=O)c1ocnc1C.